The van der Waals surface area contributed by atoms with E-state index in [0.29, 0.717) is 23.9 Å². The van der Waals surface area contributed by atoms with Crippen molar-refractivity contribution in [3.05, 3.63) is 16.3 Å². The second kappa shape index (κ2) is 5.72. The smallest absolute Gasteiger partial charge is 0.207 e. The molecule has 0 bridgehead atoms. The lowest BCUT2D eigenvalue weighted by molar-refractivity contribution is 0.279. The van der Waals surface area contributed by atoms with Crippen LogP contribution in [0.2, 0.25) is 0 Å². The fourth-order valence-corrected chi connectivity index (χ4v) is 5.57. The summed E-state index contributed by atoms with van der Waals surface area (Å²) in [6, 6.07) is 1.70. The molecule has 0 aromatic carbocycles. The summed E-state index contributed by atoms with van der Waals surface area (Å²) in [6.07, 6.45) is 3.03. The van der Waals surface area contributed by atoms with Gasteiger partial charge in [0.15, 0.2) is 0 Å². The van der Waals surface area contributed by atoms with Gasteiger partial charge in [0.25, 0.3) is 0 Å². The van der Waals surface area contributed by atoms with Gasteiger partial charge in [-0.1, -0.05) is 13.8 Å². The van der Waals surface area contributed by atoms with Crippen molar-refractivity contribution in [2.24, 2.45) is 5.41 Å². The number of sulfonamides is 1. The Morgan fingerprint density at radius 1 is 1.42 bits per heavy atom. The number of hydrogen-bond donors (Lipinski definition) is 0. The lowest BCUT2D eigenvalue weighted by atomic mass is 9.82. The quantitative estimate of drug-likeness (QED) is 0.776. The molecule has 1 aliphatic rings. The molecule has 0 saturated carbocycles. The molecule has 0 amide bonds. The highest BCUT2D eigenvalue weighted by molar-refractivity contribution is 7.89. The van der Waals surface area contributed by atoms with Crippen LogP contribution in [0, 0.1) is 5.41 Å². The Hall–Kier alpha value is -0.100. The molecule has 2 heterocycles. The van der Waals surface area contributed by atoms with Crippen LogP contribution in [0.25, 0.3) is 0 Å². The predicted octanol–water partition coefficient (Wildman–Crippen LogP) is 3.69. The molecule has 1 aromatic rings. The van der Waals surface area contributed by atoms with Crippen LogP contribution in [0.5, 0.6) is 0 Å². The normalized spacial score (nSPS) is 19.9. The fourth-order valence-electron chi connectivity index (χ4n) is 2.64. The first-order valence-corrected chi connectivity index (χ1v) is 9.46. The van der Waals surface area contributed by atoms with E-state index < -0.39 is 10.0 Å². The topological polar surface area (TPSA) is 37.4 Å². The van der Waals surface area contributed by atoms with Gasteiger partial charge < -0.3 is 0 Å². The van der Waals surface area contributed by atoms with Crippen molar-refractivity contribution in [1.82, 2.24) is 4.31 Å². The van der Waals surface area contributed by atoms with Gasteiger partial charge in [-0.25, -0.2) is 8.42 Å². The standard InChI is InChI=1S/C13H20ClNO2S2/c1-3-13(4-2)5-6-15(10-13)19(16,17)12-7-11(8-14)18-9-12/h7,9H,3-6,8,10H2,1-2H3. The Labute approximate surface area is 124 Å². The molecule has 6 heteroatoms. The zero-order valence-electron chi connectivity index (χ0n) is 11.4. The Morgan fingerprint density at radius 2 is 2.11 bits per heavy atom. The molecule has 0 unspecified atom stereocenters. The molecule has 1 aliphatic heterocycles. The van der Waals surface area contributed by atoms with E-state index >= 15 is 0 Å². The summed E-state index contributed by atoms with van der Waals surface area (Å²) in [5.41, 5.74) is 0.165. The summed E-state index contributed by atoms with van der Waals surface area (Å²) >= 11 is 7.15. The Morgan fingerprint density at radius 3 is 2.58 bits per heavy atom. The lowest BCUT2D eigenvalue weighted by Crippen LogP contribution is -2.31. The first-order valence-electron chi connectivity index (χ1n) is 6.61. The molecular weight excluding hydrogens is 302 g/mol. The van der Waals surface area contributed by atoms with Gasteiger partial charge in [0, 0.05) is 23.3 Å². The van der Waals surface area contributed by atoms with Crippen LogP contribution >= 0.6 is 22.9 Å². The molecule has 0 N–H and O–H groups in total. The van der Waals surface area contributed by atoms with Crippen LogP contribution in [0.4, 0.5) is 0 Å². The van der Waals surface area contributed by atoms with Crippen LogP contribution in [-0.4, -0.2) is 25.8 Å². The molecule has 3 nitrogen and oxygen atoms in total. The van der Waals surface area contributed by atoms with E-state index in [1.165, 1.54) is 11.3 Å². The molecule has 19 heavy (non-hydrogen) atoms. The number of rotatable bonds is 5. The first kappa shape index (κ1) is 15.3. The van der Waals surface area contributed by atoms with Crippen LogP contribution < -0.4 is 0 Å². The van der Waals surface area contributed by atoms with Gasteiger partial charge in [-0.05, 0) is 30.7 Å². The molecule has 1 saturated heterocycles. The minimum absolute atomic E-state index is 0.165. The van der Waals surface area contributed by atoms with Crippen molar-refractivity contribution in [2.75, 3.05) is 13.1 Å². The summed E-state index contributed by atoms with van der Waals surface area (Å²) in [6.45, 7) is 5.58. The third kappa shape index (κ3) is 2.84. The van der Waals surface area contributed by atoms with Crippen LogP contribution in [0.3, 0.4) is 0 Å². The molecule has 108 valence electrons. The molecule has 2 rings (SSSR count). The Balaban J connectivity index is 2.22. The molecule has 0 atom stereocenters. The first-order chi connectivity index (χ1) is 8.97. The molecule has 1 fully saturated rings. The van der Waals surface area contributed by atoms with E-state index in [9.17, 15) is 8.42 Å². The summed E-state index contributed by atoms with van der Waals surface area (Å²) in [5, 5.41) is 1.70. The number of thiophene rings is 1. The molecule has 0 aliphatic carbocycles. The van der Waals surface area contributed by atoms with Crippen molar-refractivity contribution >= 4 is 33.0 Å². The third-order valence-corrected chi connectivity index (χ3v) is 7.66. The van der Waals surface area contributed by atoms with Crippen LogP contribution in [0.1, 0.15) is 38.0 Å². The van der Waals surface area contributed by atoms with E-state index in [4.69, 9.17) is 11.6 Å². The predicted molar refractivity (Wildman–Crippen MR) is 80.3 cm³/mol. The van der Waals surface area contributed by atoms with Gasteiger partial charge in [-0.2, -0.15) is 4.31 Å². The minimum Gasteiger partial charge on any atom is -0.207 e. The summed E-state index contributed by atoms with van der Waals surface area (Å²) in [5.74, 6) is 0.369. The Bertz CT molecular complexity index is 535. The summed E-state index contributed by atoms with van der Waals surface area (Å²) in [7, 11) is -3.33. The largest absolute Gasteiger partial charge is 0.243 e. The third-order valence-electron chi connectivity index (χ3n) is 4.30. The number of nitrogens with zero attached hydrogens (tertiary/aromatic N) is 1. The SMILES string of the molecule is CCC1(CC)CCN(S(=O)(=O)c2csc(CCl)c2)C1. The van der Waals surface area contributed by atoms with Gasteiger partial charge in [0.1, 0.15) is 0 Å². The number of alkyl halides is 1. The van der Waals surface area contributed by atoms with Crippen LogP contribution in [0.15, 0.2) is 16.3 Å². The zero-order valence-corrected chi connectivity index (χ0v) is 13.7. The van der Waals surface area contributed by atoms with E-state index in [-0.39, 0.29) is 5.41 Å². The second-order valence-corrected chi connectivity index (χ2v) is 8.38. The van der Waals surface area contributed by atoms with Gasteiger partial charge in [-0.3, -0.25) is 0 Å². The van der Waals surface area contributed by atoms with Crippen molar-refractivity contribution in [3.8, 4) is 0 Å². The summed E-state index contributed by atoms with van der Waals surface area (Å²) < 4.78 is 26.8. The monoisotopic (exact) mass is 321 g/mol. The maximum atomic E-state index is 12.6. The van der Waals surface area contributed by atoms with Gasteiger partial charge in [0.05, 0.1) is 10.8 Å². The fraction of sp³-hybridized carbons (Fsp3) is 0.692. The average molecular weight is 322 g/mol. The maximum Gasteiger partial charge on any atom is 0.243 e. The number of hydrogen-bond acceptors (Lipinski definition) is 3. The van der Waals surface area contributed by atoms with Crippen molar-refractivity contribution < 1.29 is 8.42 Å². The highest BCUT2D eigenvalue weighted by atomic mass is 35.5. The van der Waals surface area contributed by atoms with Gasteiger partial charge >= 0.3 is 0 Å². The zero-order chi connectivity index (χ0) is 14.1. The highest BCUT2D eigenvalue weighted by Gasteiger charge is 2.40. The van der Waals surface area contributed by atoms with Gasteiger partial charge in [-0.15, -0.1) is 22.9 Å². The molecule has 0 spiro atoms. The number of halogens is 1. The lowest BCUT2D eigenvalue weighted by Gasteiger charge is -2.26. The van der Waals surface area contributed by atoms with Crippen molar-refractivity contribution in [3.63, 3.8) is 0 Å². The average Bonchev–Trinajstić information content (AvgIpc) is 3.06. The molecule has 1 aromatic heterocycles. The van der Waals surface area contributed by atoms with Gasteiger partial charge in [0.2, 0.25) is 10.0 Å². The highest BCUT2D eigenvalue weighted by Crippen LogP contribution is 2.39. The second-order valence-electron chi connectivity index (χ2n) is 5.18. The van der Waals surface area contributed by atoms with Crippen molar-refractivity contribution in [2.45, 2.75) is 43.9 Å². The maximum absolute atomic E-state index is 12.6. The summed E-state index contributed by atoms with van der Waals surface area (Å²) in [4.78, 5) is 1.30. The van der Waals surface area contributed by atoms with E-state index in [1.54, 1.807) is 15.8 Å². The van der Waals surface area contributed by atoms with E-state index in [2.05, 4.69) is 13.8 Å². The Kier molecular flexibility index (Phi) is 4.60. The molecular formula is C13H20ClNO2S2. The minimum atomic E-state index is -3.33. The van der Waals surface area contributed by atoms with Crippen molar-refractivity contribution in [1.29, 1.82) is 0 Å². The van der Waals surface area contributed by atoms with Crippen LogP contribution in [-0.2, 0) is 15.9 Å². The molecule has 0 radical (unpaired) electrons. The van der Waals surface area contributed by atoms with E-state index in [1.807, 2.05) is 0 Å². The van der Waals surface area contributed by atoms with E-state index in [0.717, 1.165) is 24.1 Å².